The molecular formula is C17H14ClN3. The summed E-state index contributed by atoms with van der Waals surface area (Å²) in [6.07, 6.45) is 1.75. The molecule has 0 aliphatic heterocycles. The van der Waals surface area contributed by atoms with Gasteiger partial charge in [0.25, 0.3) is 0 Å². The highest BCUT2D eigenvalue weighted by Crippen LogP contribution is 2.22. The second-order valence-corrected chi connectivity index (χ2v) is 5.19. The van der Waals surface area contributed by atoms with E-state index in [-0.39, 0.29) is 0 Å². The molecule has 2 aromatic carbocycles. The van der Waals surface area contributed by atoms with E-state index in [0.717, 1.165) is 27.8 Å². The largest absolute Gasteiger partial charge is 0.278 e. The smallest absolute Gasteiger partial charge is 0.0726 e. The number of aromatic nitrogens is 1. The molecule has 0 fully saturated rings. The van der Waals surface area contributed by atoms with Crippen molar-refractivity contribution in [3.05, 3.63) is 70.9 Å². The number of nitrogens with zero attached hydrogens (tertiary/aromatic N) is 2. The highest BCUT2D eigenvalue weighted by molar-refractivity contribution is 6.30. The number of pyridine rings is 1. The van der Waals surface area contributed by atoms with Crippen LogP contribution in [0.3, 0.4) is 0 Å². The van der Waals surface area contributed by atoms with Crippen LogP contribution in [0.5, 0.6) is 0 Å². The summed E-state index contributed by atoms with van der Waals surface area (Å²) >= 11 is 5.95. The van der Waals surface area contributed by atoms with Crippen molar-refractivity contribution >= 4 is 34.4 Å². The number of hydrogen-bond acceptors (Lipinski definition) is 3. The van der Waals surface area contributed by atoms with Crippen LogP contribution < -0.4 is 5.43 Å². The molecule has 4 heteroatoms. The van der Waals surface area contributed by atoms with Gasteiger partial charge in [0.2, 0.25) is 0 Å². The molecule has 1 aromatic heterocycles. The molecule has 0 atom stereocenters. The van der Waals surface area contributed by atoms with E-state index < -0.39 is 0 Å². The summed E-state index contributed by atoms with van der Waals surface area (Å²) in [5.41, 5.74) is 6.88. The van der Waals surface area contributed by atoms with Gasteiger partial charge in [-0.2, -0.15) is 5.10 Å². The van der Waals surface area contributed by atoms with E-state index in [9.17, 15) is 0 Å². The molecular weight excluding hydrogens is 282 g/mol. The van der Waals surface area contributed by atoms with Crippen molar-refractivity contribution in [2.24, 2.45) is 5.10 Å². The zero-order chi connectivity index (χ0) is 14.7. The van der Waals surface area contributed by atoms with Gasteiger partial charge < -0.3 is 0 Å². The minimum atomic E-state index is 0.698. The molecule has 3 aromatic rings. The van der Waals surface area contributed by atoms with Gasteiger partial charge in [-0.3, -0.25) is 10.4 Å². The van der Waals surface area contributed by atoms with E-state index in [1.807, 2.05) is 61.5 Å². The molecule has 21 heavy (non-hydrogen) atoms. The number of anilines is 1. The van der Waals surface area contributed by atoms with Crippen molar-refractivity contribution in [1.29, 1.82) is 0 Å². The third kappa shape index (κ3) is 3.20. The third-order valence-corrected chi connectivity index (χ3v) is 3.33. The van der Waals surface area contributed by atoms with Gasteiger partial charge in [0.05, 0.1) is 17.4 Å². The first-order chi connectivity index (χ1) is 10.2. The van der Waals surface area contributed by atoms with E-state index in [1.165, 1.54) is 0 Å². The predicted molar refractivity (Wildman–Crippen MR) is 89.1 cm³/mol. The Morgan fingerprint density at radius 1 is 1.10 bits per heavy atom. The van der Waals surface area contributed by atoms with E-state index in [4.69, 9.17) is 11.6 Å². The Balaban J connectivity index is 1.88. The van der Waals surface area contributed by atoms with E-state index in [0.29, 0.717) is 5.02 Å². The summed E-state index contributed by atoms with van der Waals surface area (Å²) in [5.74, 6) is 0. The summed E-state index contributed by atoms with van der Waals surface area (Å²) in [6.45, 7) is 1.97. The minimum Gasteiger partial charge on any atom is -0.278 e. The number of benzene rings is 2. The van der Waals surface area contributed by atoms with Gasteiger partial charge in [0.1, 0.15) is 0 Å². The monoisotopic (exact) mass is 295 g/mol. The van der Waals surface area contributed by atoms with Gasteiger partial charge in [-0.05, 0) is 36.8 Å². The zero-order valence-electron chi connectivity index (χ0n) is 11.5. The molecule has 0 amide bonds. The lowest BCUT2D eigenvalue weighted by Crippen LogP contribution is -1.94. The number of para-hydroxylation sites is 1. The fraction of sp³-hybridized carbons (Fsp3) is 0.0588. The summed E-state index contributed by atoms with van der Waals surface area (Å²) in [6, 6.07) is 17.5. The van der Waals surface area contributed by atoms with Crippen LogP contribution in [0.25, 0.3) is 10.9 Å². The van der Waals surface area contributed by atoms with Crippen molar-refractivity contribution in [1.82, 2.24) is 4.98 Å². The van der Waals surface area contributed by atoms with Gasteiger partial charge in [-0.1, -0.05) is 41.9 Å². The quantitative estimate of drug-likeness (QED) is 0.564. The molecule has 3 nitrogen and oxygen atoms in total. The molecule has 1 N–H and O–H groups in total. The van der Waals surface area contributed by atoms with E-state index in [2.05, 4.69) is 15.5 Å². The zero-order valence-corrected chi connectivity index (χ0v) is 12.3. The van der Waals surface area contributed by atoms with Crippen LogP contribution in [0.2, 0.25) is 5.02 Å². The summed E-state index contributed by atoms with van der Waals surface area (Å²) in [4.78, 5) is 4.50. The first-order valence-electron chi connectivity index (χ1n) is 6.63. The number of hydrogen-bond donors (Lipinski definition) is 1. The Kier molecular flexibility index (Phi) is 3.84. The maximum absolute atomic E-state index is 5.95. The van der Waals surface area contributed by atoms with Crippen LogP contribution in [0.15, 0.2) is 59.7 Å². The van der Waals surface area contributed by atoms with Crippen molar-refractivity contribution in [3.63, 3.8) is 0 Å². The van der Waals surface area contributed by atoms with Crippen molar-refractivity contribution in [2.45, 2.75) is 6.92 Å². The Morgan fingerprint density at radius 2 is 1.95 bits per heavy atom. The van der Waals surface area contributed by atoms with Gasteiger partial charge >= 0.3 is 0 Å². The molecule has 0 aliphatic rings. The fourth-order valence-electron chi connectivity index (χ4n) is 2.16. The molecule has 0 bridgehead atoms. The molecule has 1 heterocycles. The molecule has 104 valence electrons. The van der Waals surface area contributed by atoms with Crippen LogP contribution in [0, 0.1) is 6.92 Å². The standard InChI is InChI=1S/C17H14ClN3/c1-12-9-17(15-7-2-3-8-16(15)20-12)21-19-11-13-5-4-6-14(18)10-13/h2-11H,1H3,(H,20,21)/b19-11+. The highest BCUT2D eigenvalue weighted by Gasteiger charge is 2.02. The van der Waals surface area contributed by atoms with Crippen molar-refractivity contribution < 1.29 is 0 Å². The molecule has 0 radical (unpaired) electrons. The highest BCUT2D eigenvalue weighted by atomic mass is 35.5. The summed E-state index contributed by atoms with van der Waals surface area (Å²) < 4.78 is 0. The van der Waals surface area contributed by atoms with Crippen LogP contribution >= 0.6 is 11.6 Å². The molecule has 0 spiro atoms. The average molecular weight is 296 g/mol. The SMILES string of the molecule is Cc1cc(N/N=C/c2cccc(Cl)c2)c2ccccc2n1. The Labute approximate surface area is 128 Å². The average Bonchev–Trinajstić information content (AvgIpc) is 2.47. The van der Waals surface area contributed by atoms with Gasteiger partial charge in [-0.25, -0.2) is 0 Å². The number of halogens is 1. The minimum absolute atomic E-state index is 0.698. The lowest BCUT2D eigenvalue weighted by Gasteiger charge is -2.06. The number of fused-ring (bicyclic) bond motifs is 1. The van der Waals surface area contributed by atoms with E-state index in [1.54, 1.807) is 6.21 Å². The van der Waals surface area contributed by atoms with Crippen LogP contribution in [-0.4, -0.2) is 11.2 Å². The first-order valence-corrected chi connectivity index (χ1v) is 7.01. The second kappa shape index (κ2) is 5.94. The lowest BCUT2D eigenvalue weighted by molar-refractivity contribution is 1.24. The maximum Gasteiger partial charge on any atom is 0.0726 e. The molecule has 0 saturated carbocycles. The van der Waals surface area contributed by atoms with Crippen LogP contribution in [0.1, 0.15) is 11.3 Å². The number of hydrazone groups is 1. The first kappa shape index (κ1) is 13.6. The Morgan fingerprint density at radius 3 is 2.81 bits per heavy atom. The Hall–Kier alpha value is -2.39. The molecule has 3 rings (SSSR count). The predicted octanol–water partition coefficient (Wildman–Crippen LogP) is 4.64. The van der Waals surface area contributed by atoms with Crippen molar-refractivity contribution in [2.75, 3.05) is 5.43 Å². The number of nitrogens with one attached hydrogen (secondary N) is 1. The van der Waals surface area contributed by atoms with Crippen molar-refractivity contribution in [3.8, 4) is 0 Å². The Bertz CT molecular complexity index is 812. The van der Waals surface area contributed by atoms with Crippen LogP contribution in [0.4, 0.5) is 5.69 Å². The normalized spacial score (nSPS) is 11.1. The molecule has 0 unspecified atom stereocenters. The lowest BCUT2D eigenvalue weighted by atomic mass is 10.1. The van der Waals surface area contributed by atoms with Gasteiger partial charge in [0, 0.05) is 16.1 Å². The number of rotatable bonds is 3. The van der Waals surface area contributed by atoms with Gasteiger partial charge in [0.15, 0.2) is 0 Å². The molecule has 0 aliphatic carbocycles. The third-order valence-electron chi connectivity index (χ3n) is 3.09. The maximum atomic E-state index is 5.95. The molecule has 0 saturated heterocycles. The fourth-order valence-corrected chi connectivity index (χ4v) is 2.36. The second-order valence-electron chi connectivity index (χ2n) is 4.75. The summed E-state index contributed by atoms with van der Waals surface area (Å²) in [7, 11) is 0. The topological polar surface area (TPSA) is 37.3 Å². The number of aryl methyl sites for hydroxylation is 1. The van der Waals surface area contributed by atoms with Crippen LogP contribution in [-0.2, 0) is 0 Å². The summed E-state index contributed by atoms with van der Waals surface area (Å²) in [5, 5.41) is 6.03. The van der Waals surface area contributed by atoms with Gasteiger partial charge in [-0.15, -0.1) is 0 Å². The van der Waals surface area contributed by atoms with E-state index >= 15 is 0 Å².